The number of carbonyl (C=O) groups is 3. The molecule has 0 fully saturated rings. The van der Waals surface area contributed by atoms with Gasteiger partial charge in [-0.15, -0.1) is 0 Å². The van der Waals surface area contributed by atoms with Gasteiger partial charge in [0.05, 0.1) is 33.0 Å². The molecule has 0 aliphatic carbocycles. The molecule has 0 aliphatic rings. The van der Waals surface area contributed by atoms with Crippen LogP contribution in [0, 0.1) is 0 Å². The van der Waals surface area contributed by atoms with Crippen LogP contribution in [0.25, 0.3) is 0 Å². The second-order valence-electron chi connectivity index (χ2n) is 3.91. The summed E-state index contributed by atoms with van der Waals surface area (Å²) in [6, 6.07) is 0. The van der Waals surface area contributed by atoms with Gasteiger partial charge in [-0.2, -0.15) is 0 Å². The Bertz CT molecular complexity index is 335. The number of carboxylic acid groups (broad SMARTS) is 2. The van der Waals surface area contributed by atoms with E-state index >= 15 is 0 Å². The minimum absolute atomic E-state index is 0.193. The Balaban J connectivity index is 3.18. The van der Waals surface area contributed by atoms with E-state index in [9.17, 15) is 14.4 Å². The third-order valence-electron chi connectivity index (χ3n) is 2.00. The fourth-order valence-corrected chi connectivity index (χ4v) is 1.14. The summed E-state index contributed by atoms with van der Waals surface area (Å²) in [5.41, 5.74) is 0. The fourth-order valence-electron chi connectivity index (χ4n) is 1.14. The number of hydrogen-bond acceptors (Lipinski definition) is 7. The number of amides is 1. The van der Waals surface area contributed by atoms with Crippen molar-refractivity contribution in [1.82, 2.24) is 5.32 Å². The Morgan fingerprint density at radius 1 is 0.682 bits per heavy atom. The van der Waals surface area contributed by atoms with Gasteiger partial charge < -0.3 is 34.5 Å². The third-order valence-corrected chi connectivity index (χ3v) is 2.00. The molecular formula is C12H21NO9. The van der Waals surface area contributed by atoms with Crippen molar-refractivity contribution in [1.29, 1.82) is 0 Å². The number of nitrogens with one attached hydrogen (secondary N) is 1. The highest BCUT2D eigenvalue weighted by atomic mass is 16.5. The molecule has 0 spiro atoms. The lowest BCUT2D eigenvalue weighted by Gasteiger charge is -2.07. The van der Waals surface area contributed by atoms with E-state index in [1.807, 2.05) is 0 Å². The maximum Gasteiger partial charge on any atom is 0.329 e. The number of carbonyl (C=O) groups excluding carboxylic acids is 1. The highest BCUT2D eigenvalue weighted by Crippen LogP contribution is 1.82. The van der Waals surface area contributed by atoms with Crippen molar-refractivity contribution in [3.8, 4) is 0 Å². The monoisotopic (exact) mass is 323 g/mol. The highest BCUT2D eigenvalue weighted by Gasteiger charge is 2.02. The molecule has 0 saturated heterocycles. The van der Waals surface area contributed by atoms with Gasteiger partial charge in [0.15, 0.2) is 0 Å². The molecule has 0 unspecified atom stereocenters. The van der Waals surface area contributed by atoms with Crippen LogP contribution >= 0.6 is 0 Å². The predicted molar refractivity (Wildman–Crippen MR) is 71.6 cm³/mol. The number of ether oxygens (including phenoxy) is 4. The van der Waals surface area contributed by atoms with Crippen molar-refractivity contribution in [3.63, 3.8) is 0 Å². The maximum atomic E-state index is 11.1. The van der Waals surface area contributed by atoms with Gasteiger partial charge >= 0.3 is 11.9 Å². The molecule has 10 nitrogen and oxygen atoms in total. The van der Waals surface area contributed by atoms with E-state index in [-0.39, 0.29) is 39.6 Å². The van der Waals surface area contributed by atoms with Gasteiger partial charge in [-0.05, 0) is 0 Å². The molecule has 128 valence electrons. The van der Waals surface area contributed by atoms with Crippen LogP contribution in [0.3, 0.4) is 0 Å². The summed E-state index contributed by atoms with van der Waals surface area (Å²) in [4.78, 5) is 31.4. The normalized spacial score (nSPS) is 10.4. The molecule has 3 N–H and O–H groups in total. The largest absolute Gasteiger partial charge is 0.480 e. The maximum absolute atomic E-state index is 11.1. The van der Waals surface area contributed by atoms with Crippen LogP contribution in [-0.2, 0) is 33.3 Å². The summed E-state index contributed by atoms with van der Waals surface area (Å²) >= 11 is 0. The Morgan fingerprint density at radius 2 is 1.18 bits per heavy atom. The Morgan fingerprint density at radius 3 is 1.77 bits per heavy atom. The topological polar surface area (TPSA) is 141 Å². The molecule has 0 aliphatic heterocycles. The van der Waals surface area contributed by atoms with Crippen molar-refractivity contribution in [3.05, 3.63) is 0 Å². The Labute approximate surface area is 127 Å². The van der Waals surface area contributed by atoms with Crippen LogP contribution in [-0.4, -0.2) is 87.5 Å². The van der Waals surface area contributed by atoms with Crippen LogP contribution in [0.1, 0.15) is 0 Å². The van der Waals surface area contributed by atoms with Crippen molar-refractivity contribution < 1.29 is 43.5 Å². The van der Waals surface area contributed by atoms with E-state index in [0.29, 0.717) is 13.2 Å². The smallest absolute Gasteiger partial charge is 0.329 e. The number of aliphatic carboxylic acids is 2. The molecule has 0 aromatic heterocycles. The molecule has 0 rings (SSSR count). The van der Waals surface area contributed by atoms with Crippen molar-refractivity contribution in [2.45, 2.75) is 0 Å². The minimum atomic E-state index is -1.13. The average Bonchev–Trinajstić information content (AvgIpc) is 2.44. The first kappa shape index (κ1) is 20.2. The lowest BCUT2D eigenvalue weighted by Crippen LogP contribution is -2.31. The second kappa shape index (κ2) is 14.2. The minimum Gasteiger partial charge on any atom is -0.480 e. The molecule has 0 saturated carbocycles. The van der Waals surface area contributed by atoms with E-state index in [2.05, 4.69) is 10.1 Å². The van der Waals surface area contributed by atoms with Gasteiger partial charge in [0.2, 0.25) is 5.91 Å². The van der Waals surface area contributed by atoms with Crippen LogP contribution in [0.4, 0.5) is 0 Å². The van der Waals surface area contributed by atoms with Crippen LogP contribution < -0.4 is 5.32 Å². The molecule has 0 aromatic carbocycles. The average molecular weight is 323 g/mol. The summed E-state index contributed by atoms with van der Waals surface area (Å²) < 4.78 is 19.6. The highest BCUT2D eigenvalue weighted by molar-refractivity contribution is 5.77. The summed E-state index contributed by atoms with van der Waals surface area (Å²) in [6.45, 7) is 0.489. The van der Waals surface area contributed by atoms with Gasteiger partial charge in [0.1, 0.15) is 19.8 Å². The van der Waals surface area contributed by atoms with E-state index in [4.69, 9.17) is 24.4 Å². The molecular weight excluding hydrogens is 302 g/mol. The predicted octanol–water partition coefficient (Wildman–Crippen LogP) is -1.66. The van der Waals surface area contributed by atoms with E-state index in [1.54, 1.807) is 0 Å². The molecule has 0 radical (unpaired) electrons. The molecule has 0 atom stereocenters. The number of hydrogen-bond donors (Lipinski definition) is 3. The van der Waals surface area contributed by atoms with E-state index in [0.717, 1.165) is 0 Å². The first-order chi connectivity index (χ1) is 10.5. The Kier molecular flexibility index (Phi) is 13.1. The summed E-state index contributed by atoms with van der Waals surface area (Å²) in [5.74, 6) is -2.58. The summed E-state index contributed by atoms with van der Waals surface area (Å²) in [7, 11) is 0. The van der Waals surface area contributed by atoms with Crippen molar-refractivity contribution in [2.75, 3.05) is 59.4 Å². The molecule has 0 heterocycles. The van der Waals surface area contributed by atoms with Gasteiger partial charge in [0, 0.05) is 6.54 Å². The lowest BCUT2D eigenvalue weighted by atomic mass is 10.6. The molecule has 0 bridgehead atoms. The van der Waals surface area contributed by atoms with Gasteiger partial charge in [-0.1, -0.05) is 0 Å². The van der Waals surface area contributed by atoms with Gasteiger partial charge in [-0.3, -0.25) is 4.79 Å². The van der Waals surface area contributed by atoms with Gasteiger partial charge in [-0.25, -0.2) is 9.59 Å². The van der Waals surface area contributed by atoms with Crippen LogP contribution in [0.15, 0.2) is 0 Å². The lowest BCUT2D eigenvalue weighted by molar-refractivity contribution is -0.144. The van der Waals surface area contributed by atoms with Crippen LogP contribution in [0.5, 0.6) is 0 Å². The Hall–Kier alpha value is -1.75. The first-order valence-electron chi connectivity index (χ1n) is 6.53. The van der Waals surface area contributed by atoms with Crippen LogP contribution in [0.2, 0.25) is 0 Å². The standard InChI is InChI=1S/C12H21NO9/c14-10(7-22-9-12(17)18)13-1-2-19-3-4-20-5-6-21-8-11(15)16/h1-9H2,(H,13,14)(H,15,16)(H,17,18). The molecule has 0 aromatic rings. The molecule has 10 heteroatoms. The molecule has 1 amide bonds. The van der Waals surface area contributed by atoms with Crippen molar-refractivity contribution in [2.24, 2.45) is 0 Å². The second-order valence-corrected chi connectivity index (χ2v) is 3.91. The van der Waals surface area contributed by atoms with Crippen molar-refractivity contribution >= 4 is 17.8 Å². The zero-order chi connectivity index (χ0) is 16.6. The number of carboxylic acids is 2. The third kappa shape index (κ3) is 16.3. The zero-order valence-electron chi connectivity index (χ0n) is 12.1. The molecule has 22 heavy (non-hydrogen) atoms. The quantitative estimate of drug-likeness (QED) is 0.302. The van der Waals surface area contributed by atoms with Gasteiger partial charge in [0.25, 0.3) is 0 Å². The van der Waals surface area contributed by atoms with E-state index < -0.39 is 24.5 Å². The summed E-state index contributed by atoms with van der Waals surface area (Å²) in [5, 5.41) is 19.1. The number of rotatable bonds is 15. The zero-order valence-corrected chi connectivity index (χ0v) is 12.1. The first-order valence-corrected chi connectivity index (χ1v) is 6.53. The summed E-state index contributed by atoms with van der Waals surface area (Å²) in [6.07, 6.45) is 0. The SMILES string of the molecule is O=C(O)COCCOCCOCCNC(=O)COCC(=O)O. The van der Waals surface area contributed by atoms with E-state index in [1.165, 1.54) is 0 Å². The fraction of sp³-hybridized carbons (Fsp3) is 0.750.